The summed E-state index contributed by atoms with van der Waals surface area (Å²) in [6.07, 6.45) is 0.201. The summed E-state index contributed by atoms with van der Waals surface area (Å²) in [6, 6.07) is 22.3. The van der Waals surface area contributed by atoms with Gasteiger partial charge in [0.1, 0.15) is 16.8 Å². The predicted octanol–water partition coefficient (Wildman–Crippen LogP) is 2.18. The third-order valence-corrected chi connectivity index (χ3v) is 7.80. The highest BCUT2D eigenvalue weighted by Gasteiger charge is 2.35. The Hall–Kier alpha value is -5.49. The summed E-state index contributed by atoms with van der Waals surface area (Å²) < 4.78 is 6.10. The van der Waals surface area contributed by atoms with Gasteiger partial charge in [0.05, 0.1) is 23.4 Å². The summed E-state index contributed by atoms with van der Waals surface area (Å²) in [5.41, 5.74) is 1.67. The normalized spacial score (nSPS) is 13.7. The molecular weight excluding hydrogens is 570 g/mol. The number of nitrogens with zero attached hydrogens (tertiary/aromatic N) is 4. The number of para-hydroxylation sites is 1. The molecule has 6 rings (SSSR count). The molecule has 12 heteroatoms. The number of ether oxygens (including phenoxy) is 1. The molecule has 2 amide bonds. The van der Waals surface area contributed by atoms with Crippen LogP contribution in [0, 0.1) is 0 Å². The maximum absolute atomic E-state index is 13.7. The minimum atomic E-state index is -0.576. The van der Waals surface area contributed by atoms with Gasteiger partial charge in [-0.2, -0.15) is 14.6 Å². The van der Waals surface area contributed by atoms with E-state index in [-0.39, 0.29) is 40.3 Å². The number of carbonyl (C=O) groups excluding carboxylic acids is 3. The van der Waals surface area contributed by atoms with Crippen LogP contribution in [0.15, 0.2) is 88.5 Å². The molecule has 0 saturated carbocycles. The van der Waals surface area contributed by atoms with Crippen LogP contribution >= 0.6 is 11.3 Å². The van der Waals surface area contributed by atoms with Crippen LogP contribution in [0.4, 0.5) is 11.4 Å². The van der Waals surface area contributed by atoms with E-state index in [4.69, 9.17) is 4.74 Å². The van der Waals surface area contributed by atoms with Crippen molar-refractivity contribution in [2.45, 2.75) is 13.3 Å². The summed E-state index contributed by atoms with van der Waals surface area (Å²) in [6.45, 7) is 1.63. The van der Waals surface area contributed by atoms with E-state index in [2.05, 4.69) is 15.4 Å². The zero-order valence-corrected chi connectivity index (χ0v) is 23.6. The maximum atomic E-state index is 13.7. The number of esters is 1. The molecule has 1 aliphatic heterocycles. The van der Waals surface area contributed by atoms with E-state index in [1.807, 2.05) is 30.3 Å². The van der Waals surface area contributed by atoms with Crippen molar-refractivity contribution >= 4 is 51.0 Å². The van der Waals surface area contributed by atoms with Gasteiger partial charge in [-0.15, -0.1) is 0 Å². The summed E-state index contributed by atoms with van der Waals surface area (Å²) >= 11 is 0.902. The van der Waals surface area contributed by atoms with Gasteiger partial charge in [0.15, 0.2) is 0 Å². The molecule has 11 nitrogen and oxygen atoms in total. The smallest absolute Gasteiger partial charge is 0.338 e. The summed E-state index contributed by atoms with van der Waals surface area (Å²) in [5, 5.41) is 7.02. The van der Waals surface area contributed by atoms with E-state index >= 15 is 0 Å². The Balaban J connectivity index is 1.32. The standard InChI is InChI=1S/C31H23N5O6S/c1-2-42-30(41)19-12-14-20(15-13-19)32-24(37)17-35-23-11-7-6-10-21(23)25(28(35)39)26-29(40)36-31(43-26)33-27(38)22(34-36)16-18-8-4-3-5-9-18/h3-15H,2,16-17H2,1H3,(H,32,37). The Morgan fingerprint density at radius 1 is 0.930 bits per heavy atom. The molecule has 0 radical (unpaired) electrons. The number of benzene rings is 3. The van der Waals surface area contributed by atoms with Crippen molar-refractivity contribution in [2.75, 3.05) is 23.4 Å². The van der Waals surface area contributed by atoms with Crippen molar-refractivity contribution in [3.8, 4) is 0 Å². The van der Waals surface area contributed by atoms with Crippen LogP contribution in [0.3, 0.4) is 0 Å². The topological polar surface area (TPSA) is 140 Å². The summed E-state index contributed by atoms with van der Waals surface area (Å²) in [7, 11) is 0. The number of amides is 2. The number of rotatable bonds is 7. The van der Waals surface area contributed by atoms with E-state index in [1.165, 1.54) is 17.0 Å². The Kier molecular flexibility index (Phi) is 7.34. The molecule has 0 saturated heterocycles. The number of thiazole rings is 1. The van der Waals surface area contributed by atoms with E-state index in [1.54, 1.807) is 43.3 Å². The van der Waals surface area contributed by atoms with E-state index in [0.717, 1.165) is 21.4 Å². The van der Waals surface area contributed by atoms with Crippen molar-refractivity contribution < 1.29 is 19.1 Å². The highest BCUT2D eigenvalue weighted by molar-refractivity contribution is 7.15. The first-order valence-corrected chi connectivity index (χ1v) is 14.1. The van der Waals surface area contributed by atoms with Crippen LogP contribution in [0.25, 0.3) is 10.5 Å². The van der Waals surface area contributed by atoms with Crippen LogP contribution in [-0.2, 0) is 20.7 Å². The van der Waals surface area contributed by atoms with E-state index in [9.17, 15) is 24.0 Å². The zero-order chi connectivity index (χ0) is 30.1. The number of aromatic nitrogens is 3. The van der Waals surface area contributed by atoms with Gasteiger partial charge in [-0.3, -0.25) is 24.1 Å². The fourth-order valence-corrected chi connectivity index (χ4v) is 5.79. The molecule has 2 aromatic heterocycles. The van der Waals surface area contributed by atoms with Crippen LogP contribution < -0.4 is 25.9 Å². The largest absolute Gasteiger partial charge is 0.462 e. The molecule has 3 heterocycles. The van der Waals surface area contributed by atoms with Gasteiger partial charge in [0.2, 0.25) is 10.9 Å². The molecule has 0 aliphatic carbocycles. The lowest BCUT2D eigenvalue weighted by atomic mass is 10.1. The third kappa shape index (κ3) is 5.31. The lowest BCUT2D eigenvalue weighted by molar-refractivity contribution is -0.118. The molecule has 0 unspecified atom stereocenters. The van der Waals surface area contributed by atoms with Crippen molar-refractivity contribution in [3.05, 3.63) is 126 Å². The molecule has 1 aliphatic rings. The van der Waals surface area contributed by atoms with Crippen LogP contribution in [0.5, 0.6) is 0 Å². The maximum Gasteiger partial charge on any atom is 0.338 e. The quantitative estimate of drug-likeness (QED) is 0.283. The molecule has 0 atom stereocenters. The van der Waals surface area contributed by atoms with Gasteiger partial charge in [-0.05, 0) is 42.8 Å². The number of fused-ring (bicyclic) bond motifs is 2. The van der Waals surface area contributed by atoms with E-state index in [0.29, 0.717) is 22.5 Å². The van der Waals surface area contributed by atoms with Gasteiger partial charge in [-0.1, -0.05) is 59.9 Å². The molecule has 0 bridgehead atoms. The molecular formula is C31H23N5O6S. The summed E-state index contributed by atoms with van der Waals surface area (Å²) in [5.74, 6) is -1.49. The first-order chi connectivity index (χ1) is 20.8. The van der Waals surface area contributed by atoms with Gasteiger partial charge < -0.3 is 10.1 Å². The fourth-order valence-electron chi connectivity index (χ4n) is 4.80. The number of carbonyl (C=O) groups is 3. The van der Waals surface area contributed by atoms with Crippen molar-refractivity contribution in [1.29, 1.82) is 0 Å². The SMILES string of the molecule is CCOC(=O)c1ccc(NC(=O)CN2C(=O)C(=c3sc4nc(=O)c(Cc5ccccc5)nn4c3=O)c3ccccc32)cc1. The van der Waals surface area contributed by atoms with Crippen LogP contribution in [0.1, 0.15) is 34.1 Å². The monoisotopic (exact) mass is 593 g/mol. The van der Waals surface area contributed by atoms with Crippen molar-refractivity contribution in [2.24, 2.45) is 0 Å². The molecule has 214 valence electrons. The van der Waals surface area contributed by atoms with E-state index < -0.39 is 28.9 Å². The lowest BCUT2D eigenvalue weighted by Gasteiger charge is -2.16. The minimum absolute atomic E-state index is 0.0713. The molecule has 1 N–H and O–H groups in total. The Morgan fingerprint density at radius 2 is 1.65 bits per heavy atom. The molecule has 3 aromatic carbocycles. The van der Waals surface area contributed by atoms with Crippen molar-refractivity contribution in [1.82, 2.24) is 14.6 Å². The second-order valence-corrected chi connectivity index (χ2v) is 10.6. The third-order valence-electron chi connectivity index (χ3n) is 6.77. The average Bonchev–Trinajstić information content (AvgIpc) is 3.46. The lowest BCUT2D eigenvalue weighted by Crippen LogP contribution is -2.37. The van der Waals surface area contributed by atoms with Gasteiger partial charge in [-0.25, -0.2) is 4.79 Å². The van der Waals surface area contributed by atoms with Gasteiger partial charge >= 0.3 is 5.97 Å². The molecule has 5 aromatic rings. The first-order valence-electron chi connectivity index (χ1n) is 13.3. The Morgan fingerprint density at radius 3 is 2.40 bits per heavy atom. The number of hydrogen-bond donors (Lipinski definition) is 1. The molecule has 0 spiro atoms. The van der Waals surface area contributed by atoms with Crippen LogP contribution in [-0.4, -0.2) is 45.5 Å². The average molecular weight is 594 g/mol. The number of nitrogens with one attached hydrogen (secondary N) is 1. The van der Waals surface area contributed by atoms with Gasteiger partial charge in [0, 0.05) is 17.7 Å². The second kappa shape index (κ2) is 11.4. The van der Waals surface area contributed by atoms with Crippen LogP contribution in [0.2, 0.25) is 0 Å². The second-order valence-electron chi connectivity index (χ2n) is 9.59. The zero-order valence-electron chi connectivity index (χ0n) is 22.8. The molecule has 0 fully saturated rings. The minimum Gasteiger partial charge on any atom is -0.462 e. The Labute approximate surface area is 247 Å². The number of anilines is 2. The fraction of sp³-hybridized carbons (Fsp3) is 0.129. The number of hydrogen-bond acceptors (Lipinski definition) is 9. The highest BCUT2D eigenvalue weighted by Crippen LogP contribution is 2.35. The highest BCUT2D eigenvalue weighted by atomic mass is 32.1. The predicted molar refractivity (Wildman–Crippen MR) is 160 cm³/mol. The first kappa shape index (κ1) is 27.7. The van der Waals surface area contributed by atoms with Gasteiger partial charge in [0.25, 0.3) is 17.0 Å². The summed E-state index contributed by atoms with van der Waals surface area (Å²) in [4.78, 5) is 70.3. The van der Waals surface area contributed by atoms with Crippen molar-refractivity contribution in [3.63, 3.8) is 0 Å². The molecule has 43 heavy (non-hydrogen) atoms. The Bertz CT molecular complexity index is 2070.